The van der Waals surface area contributed by atoms with Crippen LogP contribution in [0.5, 0.6) is 0 Å². The number of anilines is 1. The predicted molar refractivity (Wildman–Crippen MR) is 116 cm³/mol. The SMILES string of the molecule is CC(=O)Nc1ccc(Br)cc1C(=O)N1CCCC1C(=O)NCc1ccc(Cl)cc1. The Hall–Kier alpha value is -2.38. The van der Waals surface area contributed by atoms with E-state index < -0.39 is 6.04 Å². The standard InChI is InChI=1S/C21H21BrClN3O3/c1-13(27)25-18-9-6-15(22)11-17(18)21(29)26-10-2-3-19(26)20(28)24-12-14-4-7-16(23)8-5-14/h4-9,11,19H,2-3,10,12H2,1H3,(H,24,28)(H,25,27). The molecule has 3 rings (SSSR count). The van der Waals surface area contributed by atoms with Gasteiger partial charge in [-0.05, 0) is 48.7 Å². The number of hydrogen-bond donors (Lipinski definition) is 2. The van der Waals surface area contributed by atoms with Gasteiger partial charge in [0, 0.05) is 29.5 Å². The second-order valence-corrected chi connectivity index (χ2v) is 8.22. The largest absolute Gasteiger partial charge is 0.350 e. The minimum absolute atomic E-state index is 0.193. The molecule has 0 bridgehead atoms. The Morgan fingerprint density at radius 1 is 1.17 bits per heavy atom. The van der Waals surface area contributed by atoms with Crippen LogP contribution >= 0.6 is 27.5 Å². The van der Waals surface area contributed by atoms with Gasteiger partial charge in [-0.2, -0.15) is 0 Å². The summed E-state index contributed by atoms with van der Waals surface area (Å²) in [7, 11) is 0. The van der Waals surface area contributed by atoms with Gasteiger partial charge in [0.1, 0.15) is 6.04 Å². The van der Waals surface area contributed by atoms with Crippen molar-refractivity contribution in [3.63, 3.8) is 0 Å². The van der Waals surface area contributed by atoms with E-state index in [1.165, 1.54) is 6.92 Å². The molecule has 2 aromatic rings. The molecule has 29 heavy (non-hydrogen) atoms. The van der Waals surface area contributed by atoms with Crippen molar-refractivity contribution in [3.05, 3.63) is 63.1 Å². The van der Waals surface area contributed by atoms with Crippen LogP contribution in [-0.4, -0.2) is 35.2 Å². The Bertz CT molecular complexity index is 933. The molecule has 0 saturated carbocycles. The van der Waals surface area contributed by atoms with Gasteiger partial charge in [0.15, 0.2) is 0 Å². The van der Waals surface area contributed by atoms with Crippen LogP contribution in [0.15, 0.2) is 46.9 Å². The summed E-state index contributed by atoms with van der Waals surface area (Å²) < 4.78 is 0.720. The van der Waals surface area contributed by atoms with Crippen molar-refractivity contribution in [3.8, 4) is 0 Å². The summed E-state index contributed by atoms with van der Waals surface area (Å²) in [6.45, 7) is 2.24. The Labute approximate surface area is 182 Å². The minimum Gasteiger partial charge on any atom is -0.350 e. The molecule has 3 amide bonds. The van der Waals surface area contributed by atoms with E-state index in [4.69, 9.17) is 11.6 Å². The number of carbonyl (C=O) groups excluding carboxylic acids is 3. The highest BCUT2D eigenvalue weighted by Gasteiger charge is 2.35. The van der Waals surface area contributed by atoms with Gasteiger partial charge in [0.25, 0.3) is 5.91 Å². The van der Waals surface area contributed by atoms with E-state index in [9.17, 15) is 14.4 Å². The molecule has 1 heterocycles. The molecule has 1 atom stereocenters. The van der Waals surface area contributed by atoms with E-state index in [1.807, 2.05) is 12.1 Å². The summed E-state index contributed by atoms with van der Waals surface area (Å²) >= 11 is 9.25. The van der Waals surface area contributed by atoms with Gasteiger partial charge in [-0.3, -0.25) is 14.4 Å². The zero-order chi connectivity index (χ0) is 21.0. The van der Waals surface area contributed by atoms with Crippen LogP contribution in [-0.2, 0) is 16.1 Å². The minimum atomic E-state index is -0.543. The second-order valence-electron chi connectivity index (χ2n) is 6.87. The molecule has 0 radical (unpaired) electrons. The maximum atomic E-state index is 13.2. The van der Waals surface area contributed by atoms with Gasteiger partial charge in [0.2, 0.25) is 11.8 Å². The fraction of sp³-hybridized carbons (Fsp3) is 0.286. The van der Waals surface area contributed by atoms with Crippen LogP contribution in [0.3, 0.4) is 0 Å². The van der Waals surface area contributed by atoms with E-state index in [0.29, 0.717) is 35.8 Å². The zero-order valence-electron chi connectivity index (χ0n) is 15.9. The number of benzene rings is 2. The van der Waals surface area contributed by atoms with Crippen molar-refractivity contribution in [1.82, 2.24) is 10.2 Å². The Morgan fingerprint density at radius 3 is 2.59 bits per heavy atom. The molecule has 152 valence electrons. The van der Waals surface area contributed by atoms with Crippen molar-refractivity contribution >= 4 is 50.9 Å². The molecule has 2 N–H and O–H groups in total. The molecule has 8 heteroatoms. The summed E-state index contributed by atoms with van der Waals surface area (Å²) in [6, 6.07) is 11.8. The summed E-state index contributed by atoms with van der Waals surface area (Å²) in [5, 5.41) is 6.22. The van der Waals surface area contributed by atoms with Gasteiger partial charge in [0.05, 0.1) is 11.3 Å². The van der Waals surface area contributed by atoms with Crippen LogP contribution in [0.2, 0.25) is 5.02 Å². The number of rotatable bonds is 5. The maximum Gasteiger partial charge on any atom is 0.256 e. The van der Waals surface area contributed by atoms with Crippen molar-refractivity contribution in [2.75, 3.05) is 11.9 Å². The third-order valence-corrected chi connectivity index (χ3v) is 5.46. The second kappa shape index (κ2) is 9.41. The lowest BCUT2D eigenvalue weighted by molar-refractivity contribution is -0.125. The first kappa shape index (κ1) is 21.3. The normalized spacial score (nSPS) is 15.8. The summed E-state index contributed by atoms with van der Waals surface area (Å²) in [6.07, 6.45) is 1.34. The molecule has 1 aliphatic heterocycles. The van der Waals surface area contributed by atoms with E-state index in [2.05, 4.69) is 26.6 Å². The van der Waals surface area contributed by atoms with Gasteiger partial charge < -0.3 is 15.5 Å². The van der Waals surface area contributed by atoms with E-state index in [1.54, 1.807) is 35.2 Å². The van der Waals surface area contributed by atoms with E-state index >= 15 is 0 Å². The highest BCUT2D eigenvalue weighted by molar-refractivity contribution is 9.10. The Morgan fingerprint density at radius 2 is 1.90 bits per heavy atom. The lowest BCUT2D eigenvalue weighted by atomic mass is 10.1. The Balaban J connectivity index is 1.73. The number of amides is 3. The summed E-state index contributed by atoms with van der Waals surface area (Å²) in [5.74, 6) is -0.735. The molecule has 2 aromatic carbocycles. The highest BCUT2D eigenvalue weighted by atomic mass is 79.9. The smallest absolute Gasteiger partial charge is 0.256 e. The molecular weight excluding hydrogens is 458 g/mol. The van der Waals surface area contributed by atoms with E-state index in [-0.39, 0.29) is 17.7 Å². The predicted octanol–water partition coefficient (Wildman–Crippen LogP) is 3.98. The number of carbonyl (C=O) groups is 3. The van der Waals surface area contributed by atoms with Crippen molar-refractivity contribution in [2.24, 2.45) is 0 Å². The quantitative estimate of drug-likeness (QED) is 0.682. The first-order valence-corrected chi connectivity index (χ1v) is 10.4. The third-order valence-electron chi connectivity index (χ3n) is 4.72. The molecular formula is C21H21BrClN3O3. The number of likely N-dealkylation sites (tertiary alicyclic amines) is 1. The third kappa shape index (κ3) is 5.36. The van der Waals surface area contributed by atoms with Crippen molar-refractivity contribution < 1.29 is 14.4 Å². The average Bonchev–Trinajstić information content (AvgIpc) is 3.18. The van der Waals surface area contributed by atoms with Crippen molar-refractivity contribution in [2.45, 2.75) is 32.4 Å². The average molecular weight is 479 g/mol. The molecule has 6 nitrogen and oxygen atoms in total. The van der Waals surface area contributed by atoms with Crippen LogP contribution in [0, 0.1) is 0 Å². The fourth-order valence-electron chi connectivity index (χ4n) is 3.34. The van der Waals surface area contributed by atoms with Gasteiger partial charge in [-0.1, -0.05) is 39.7 Å². The monoisotopic (exact) mass is 477 g/mol. The highest BCUT2D eigenvalue weighted by Crippen LogP contribution is 2.27. The fourth-order valence-corrected chi connectivity index (χ4v) is 3.83. The van der Waals surface area contributed by atoms with Crippen LogP contribution in [0.25, 0.3) is 0 Å². The Kier molecular flexibility index (Phi) is 6.92. The molecule has 0 spiro atoms. The topological polar surface area (TPSA) is 78.5 Å². The summed E-state index contributed by atoms with van der Waals surface area (Å²) in [4.78, 5) is 39.0. The first-order valence-electron chi connectivity index (χ1n) is 9.25. The summed E-state index contributed by atoms with van der Waals surface area (Å²) in [5.41, 5.74) is 1.71. The molecule has 1 fully saturated rings. The zero-order valence-corrected chi connectivity index (χ0v) is 18.2. The van der Waals surface area contributed by atoms with E-state index in [0.717, 1.165) is 16.5 Å². The lowest BCUT2D eigenvalue weighted by Crippen LogP contribution is -2.45. The van der Waals surface area contributed by atoms with Gasteiger partial charge in [-0.15, -0.1) is 0 Å². The maximum absolute atomic E-state index is 13.2. The molecule has 0 aliphatic carbocycles. The first-order chi connectivity index (χ1) is 13.8. The van der Waals surface area contributed by atoms with Gasteiger partial charge in [-0.25, -0.2) is 0 Å². The molecule has 0 aromatic heterocycles. The molecule has 1 saturated heterocycles. The van der Waals surface area contributed by atoms with Gasteiger partial charge >= 0.3 is 0 Å². The van der Waals surface area contributed by atoms with Crippen molar-refractivity contribution in [1.29, 1.82) is 0 Å². The lowest BCUT2D eigenvalue weighted by Gasteiger charge is -2.25. The number of halogens is 2. The van der Waals surface area contributed by atoms with Crippen LogP contribution < -0.4 is 10.6 Å². The number of nitrogens with one attached hydrogen (secondary N) is 2. The molecule has 1 aliphatic rings. The number of nitrogens with zero attached hydrogens (tertiary/aromatic N) is 1. The van der Waals surface area contributed by atoms with Crippen LogP contribution in [0.4, 0.5) is 5.69 Å². The van der Waals surface area contributed by atoms with Crippen LogP contribution in [0.1, 0.15) is 35.7 Å². The number of hydrogen-bond acceptors (Lipinski definition) is 3. The molecule has 1 unspecified atom stereocenters.